The molecule has 0 aliphatic carbocycles. The molecule has 8 heterocycles. The van der Waals surface area contributed by atoms with Crippen LogP contribution in [-0.2, 0) is 0 Å². The molecule has 0 atom stereocenters. The summed E-state index contributed by atoms with van der Waals surface area (Å²) in [6.07, 6.45) is 0. The number of benzene rings is 17. The van der Waals surface area contributed by atoms with Crippen LogP contribution >= 0.6 is 0 Å². The van der Waals surface area contributed by atoms with Crippen molar-refractivity contribution >= 4 is 54.9 Å². The van der Waals surface area contributed by atoms with E-state index in [1.54, 1.807) is 0 Å². The molecular formula is C108H68N10O3. The van der Waals surface area contributed by atoms with Gasteiger partial charge in [-0.1, -0.05) is 291 Å². The number of ether oxygens (including phenoxy) is 3. The maximum Gasteiger partial charge on any atom is 0.164 e. The van der Waals surface area contributed by atoms with Crippen molar-refractivity contribution in [1.82, 2.24) is 48.2 Å². The summed E-state index contributed by atoms with van der Waals surface area (Å²) in [5.41, 5.74) is 27.3. The maximum absolute atomic E-state index is 6.53. The molecule has 0 radical (unpaired) electrons. The Labute approximate surface area is 695 Å². The molecule has 0 amide bonds. The van der Waals surface area contributed by atoms with Gasteiger partial charge in [-0.05, 0) is 166 Å². The predicted molar refractivity (Wildman–Crippen MR) is 486 cm³/mol. The second-order valence-electron chi connectivity index (χ2n) is 30.1. The summed E-state index contributed by atoms with van der Waals surface area (Å²) in [6.45, 7) is 0. The van der Waals surface area contributed by atoms with Gasteiger partial charge in [-0.15, -0.1) is 0 Å². The highest BCUT2D eigenvalue weighted by Gasteiger charge is 2.30. The average Bonchev–Trinajstić information content (AvgIpc) is 1.60. The minimum atomic E-state index is 0.581. The first-order valence-electron chi connectivity index (χ1n) is 40.4. The van der Waals surface area contributed by atoms with E-state index in [-0.39, 0.29) is 0 Å². The number of hydrogen-bond acceptors (Lipinski definition) is 9. The lowest BCUT2D eigenvalue weighted by Crippen LogP contribution is -2.06. The van der Waals surface area contributed by atoms with Crippen LogP contribution in [0.25, 0.3) is 190 Å². The Morgan fingerprint density at radius 3 is 0.826 bits per heavy atom. The fourth-order valence-corrected chi connectivity index (χ4v) is 17.1. The highest BCUT2D eigenvalue weighted by Crippen LogP contribution is 2.50. The van der Waals surface area contributed by atoms with Gasteiger partial charge in [0.1, 0.15) is 34.0 Å². The van der Waals surface area contributed by atoms with Crippen LogP contribution in [-0.4, -0.2) is 48.2 Å². The number of hydrogen-bond donors (Lipinski definition) is 0. The third-order valence-electron chi connectivity index (χ3n) is 22.8. The Hall–Kier alpha value is -16.6. The molecule has 25 rings (SSSR count). The highest BCUT2D eigenvalue weighted by molar-refractivity contribution is 6.09. The van der Waals surface area contributed by atoms with Crippen LogP contribution in [0.3, 0.4) is 0 Å². The first kappa shape index (κ1) is 69.8. The van der Waals surface area contributed by atoms with Crippen LogP contribution in [0.2, 0.25) is 0 Å². The predicted octanol–water partition coefficient (Wildman–Crippen LogP) is 27.3. The second-order valence-corrected chi connectivity index (χ2v) is 30.1. The van der Waals surface area contributed by atoms with Crippen molar-refractivity contribution in [2.75, 3.05) is 0 Å². The van der Waals surface area contributed by atoms with Gasteiger partial charge < -0.3 is 18.8 Å². The number of fused-ring (bicyclic) bond motifs is 9. The zero-order valence-corrected chi connectivity index (χ0v) is 65.0. The van der Waals surface area contributed by atoms with E-state index in [0.717, 1.165) is 163 Å². The van der Waals surface area contributed by atoms with E-state index in [4.69, 9.17) is 44.1 Å². The standard InChI is InChI=1S/C37H23N3O.C37H24N2O.C34H21N5O/c1-2-9-25(10-3-1)37-38-30-13-8-16-34-36(30)40(37)33-22-19-26(23-35(33)41-34)24-17-20-27(21-18-24)39-31-14-6-4-11-28(31)29-12-5-7-15-32(29)39;1-4-11-25(12-5-1)29-21-30(26-13-6-2-7-14-26)23-31(22-29)28-19-20-33-35(24-28)40-34-18-10-17-32-36(34)39(33)37(38-32)27-15-8-3-9-16-27;1-4-11-22(12-5-1)31-36-32(23-13-6-2-7-14-23)38-33(37-31)25-19-20-27-29(21-25)40-28-18-10-17-26-30(28)39(27)34(35-26)24-15-8-3-9-16-24/h1-23H;1-24H;1-21H. The maximum atomic E-state index is 6.53. The number of nitrogens with zero attached hydrogens (tertiary/aromatic N) is 10. The van der Waals surface area contributed by atoms with Gasteiger partial charge in [0, 0.05) is 49.8 Å². The molecule has 0 N–H and O–H groups in total. The van der Waals surface area contributed by atoms with Crippen LogP contribution < -0.4 is 14.2 Å². The summed E-state index contributed by atoms with van der Waals surface area (Å²) < 4.78 is 28.5. The van der Waals surface area contributed by atoms with Gasteiger partial charge in [0.25, 0.3) is 0 Å². The SMILES string of the molecule is c1ccc(-c2cc(-c3ccccc3)cc(-c3ccc4c(c3)Oc3cccc5nc(-c6ccccc6)n-4c35)c2)cc1.c1ccc(-c2nc(-c3ccccc3)nc(-c3ccc4c(c3)Oc3cccc5nc(-c6ccccc6)n-4c35)n2)cc1.c1ccc(-c2nc3cccc4c3n2-c2ccc(-c3ccc(-n5c6ccccc6c6ccccc65)cc3)cc2O4)cc1. The largest absolute Gasteiger partial charge is 0.453 e. The van der Waals surface area contributed by atoms with Crippen molar-refractivity contribution in [3.8, 4) is 170 Å². The van der Waals surface area contributed by atoms with Gasteiger partial charge in [-0.3, -0.25) is 13.7 Å². The smallest absolute Gasteiger partial charge is 0.164 e. The highest BCUT2D eigenvalue weighted by atomic mass is 16.5. The Kier molecular flexibility index (Phi) is 16.9. The molecule has 17 aromatic carbocycles. The summed E-state index contributed by atoms with van der Waals surface area (Å²) in [6, 6.07) is 142. The lowest BCUT2D eigenvalue weighted by Gasteiger charge is -2.22. The average molecular weight is 1550 g/mol. The Morgan fingerprint density at radius 2 is 0.455 bits per heavy atom. The lowest BCUT2D eigenvalue weighted by molar-refractivity contribution is 0.476. The van der Waals surface area contributed by atoms with Crippen molar-refractivity contribution < 1.29 is 14.2 Å². The molecule has 121 heavy (non-hydrogen) atoms. The molecule has 13 nitrogen and oxygen atoms in total. The van der Waals surface area contributed by atoms with E-state index in [2.05, 4.69) is 273 Å². The fraction of sp³-hybridized carbons (Fsp3) is 0. The normalized spacial score (nSPS) is 11.8. The van der Waals surface area contributed by atoms with Crippen molar-refractivity contribution in [2.45, 2.75) is 0 Å². The topological polar surface area (TPSA) is 125 Å². The first-order valence-corrected chi connectivity index (χ1v) is 40.4. The molecule has 0 fully saturated rings. The molecule has 0 saturated heterocycles. The zero-order valence-electron chi connectivity index (χ0n) is 65.0. The molecule has 568 valence electrons. The number of imidazole rings is 3. The summed E-state index contributed by atoms with van der Waals surface area (Å²) >= 11 is 0. The molecule has 3 aliphatic rings. The van der Waals surface area contributed by atoms with E-state index in [9.17, 15) is 0 Å². The molecular weight excluding hydrogens is 1490 g/mol. The van der Waals surface area contributed by atoms with Gasteiger partial charge in [0.2, 0.25) is 0 Å². The van der Waals surface area contributed by atoms with E-state index in [0.29, 0.717) is 17.5 Å². The second kappa shape index (κ2) is 29.3. The summed E-state index contributed by atoms with van der Waals surface area (Å²) in [4.78, 5) is 29.6. The van der Waals surface area contributed by atoms with Crippen LogP contribution in [0.4, 0.5) is 0 Å². The summed E-state index contributed by atoms with van der Waals surface area (Å²) in [5.74, 6) is 9.30. The van der Waals surface area contributed by atoms with Gasteiger partial charge >= 0.3 is 0 Å². The fourth-order valence-electron chi connectivity index (χ4n) is 17.1. The van der Waals surface area contributed by atoms with E-state index < -0.39 is 0 Å². The number of para-hydroxylation sites is 5. The van der Waals surface area contributed by atoms with Crippen molar-refractivity contribution in [3.05, 3.63) is 413 Å². The Morgan fingerprint density at radius 1 is 0.174 bits per heavy atom. The van der Waals surface area contributed by atoms with E-state index in [1.165, 1.54) is 44.1 Å². The van der Waals surface area contributed by atoms with Crippen LogP contribution in [0, 0.1) is 0 Å². The zero-order chi connectivity index (χ0) is 79.9. The van der Waals surface area contributed by atoms with E-state index >= 15 is 0 Å². The van der Waals surface area contributed by atoms with Crippen LogP contribution in [0.5, 0.6) is 34.5 Å². The first-order chi connectivity index (χ1) is 60.0. The molecule has 0 bridgehead atoms. The minimum absolute atomic E-state index is 0.581. The molecule has 5 aromatic heterocycles. The molecule has 0 unspecified atom stereocenters. The monoisotopic (exact) mass is 1550 g/mol. The third kappa shape index (κ3) is 12.4. The van der Waals surface area contributed by atoms with Gasteiger partial charge in [-0.25, -0.2) is 29.9 Å². The molecule has 22 aromatic rings. The lowest BCUT2D eigenvalue weighted by atomic mass is 9.93. The minimum Gasteiger partial charge on any atom is -0.453 e. The summed E-state index contributed by atoms with van der Waals surface area (Å²) in [5, 5.41) is 2.53. The number of rotatable bonds is 11. The van der Waals surface area contributed by atoms with Crippen molar-refractivity contribution in [3.63, 3.8) is 0 Å². The van der Waals surface area contributed by atoms with Gasteiger partial charge in [0.15, 0.2) is 52.0 Å². The van der Waals surface area contributed by atoms with Crippen molar-refractivity contribution in [1.29, 1.82) is 0 Å². The number of aromatic nitrogens is 10. The quantitative estimate of drug-likeness (QED) is 0.124. The Bertz CT molecular complexity index is 7300. The van der Waals surface area contributed by atoms with E-state index in [1.807, 2.05) is 158 Å². The molecule has 3 aliphatic heterocycles. The molecule has 13 heteroatoms. The summed E-state index contributed by atoms with van der Waals surface area (Å²) in [7, 11) is 0. The van der Waals surface area contributed by atoms with Gasteiger partial charge in [-0.2, -0.15) is 0 Å². The third-order valence-corrected chi connectivity index (χ3v) is 22.8. The van der Waals surface area contributed by atoms with Gasteiger partial charge in [0.05, 0.1) is 44.6 Å². The Balaban J connectivity index is 0.000000106. The molecule has 0 spiro atoms. The van der Waals surface area contributed by atoms with Crippen LogP contribution in [0.15, 0.2) is 413 Å². The molecule has 0 saturated carbocycles. The van der Waals surface area contributed by atoms with Crippen molar-refractivity contribution in [2.24, 2.45) is 0 Å². The van der Waals surface area contributed by atoms with Crippen LogP contribution in [0.1, 0.15) is 0 Å².